The van der Waals surface area contributed by atoms with Gasteiger partial charge >= 0.3 is 12.3 Å². The fourth-order valence-corrected chi connectivity index (χ4v) is 4.99. The van der Waals surface area contributed by atoms with E-state index >= 15 is 0 Å². The lowest BCUT2D eigenvalue weighted by atomic mass is 10.0. The molecule has 2 aromatic carbocycles. The summed E-state index contributed by atoms with van der Waals surface area (Å²) in [6.07, 6.45) is -6.87. The molecule has 2 N–H and O–H groups in total. The number of sulfonamides is 1. The average molecular weight is 492 g/mol. The van der Waals surface area contributed by atoms with E-state index in [9.17, 15) is 41.0 Å². The van der Waals surface area contributed by atoms with Crippen molar-refractivity contribution in [1.82, 2.24) is 0 Å². The number of fused-ring (bicyclic) bond motifs is 1. The summed E-state index contributed by atoms with van der Waals surface area (Å²) in [6, 6.07) is 5.78. The molecule has 0 unspecified atom stereocenters. The number of rotatable bonds is 5. The van der Waals surface area contributed by atoms with Crippen molar-refractivity contribution < 1.29 is 45.7 Å². The number of aliphatic hydroxyl groups is 1. The predicted molar refractivity (Wildman–Crippen MR) is 110 cm³/mol. The molecular weight excluding hydrogens is 472 g/mol. The fourth-order valence-electron chi connectivity index (χ4n) is 3.36. The monoisotopic (exact) mass is 492 g/mol. The number of carbonyl (C=O) groups is 1. The molecule has 0 fully saturated rings. The van der Waals surface area contributed by atoms with Gasteiger partial charge in [0.25, 0.3) is 10.0 Å². The van der Waals surface area contributed by atoms with Gasteiger partial charge in [0, 0.05) is 0 Å². The first-order valence-corrected chi connectivity index (χ1v) is 10.9. The summed E-state index contributed by atoms with van der Waals surface area (Å²) in [5.41, 5.74) is -3.60. The van der Waals surface area contributed by atoms with Crippen molar-refractivity contribution in [3.63, 3.8) is 0 Å². The highest BCUT2D eigenvalue weighted by atomic mass is 32.2. The first-order chi connectivity index (χ1) is 15.2. The lowest BCUT2D eigenvalue weighted by molar-refractivity contribution is -0.175. The molecule has 0 bridgehead atoms. The van der Waals surface area contributed by atoms with Crippen molar-refractivity contribution in [1.29, 1.82) is 0 Å². The van der Waals surface area contributed by atoms with Crippen LogP contribution in [0.1, 0.15) is 13.8 Å². The Morgan fingerprint density at radius 3 is 2.30 bits per heavy atom. The Morgan fingerprint density at radius 1 is 1.18 bits per heavy atom. The van der Waals surface area contributed by atoms with Gasteiger partial charge in [0.15, 0.2) is 0 Å². The van der Waals surface area contributed by atoms with E-state index in [4.69, 9.17) is 4.74 Å². The number of alkyl halides is 3. The maximum Gasteiger partial charge on any atom is 0.412 e. The average Bonchev–Trinajstić information content (AvgIpc) is 2.71. The van der Waals surface area contributed by atoms with Gasteiger partial charge in [-0.25, -0.2) is 17.6 Å². The Labute approximate surface area is 186 Å². The molecule has 1 aliphatic heterocycles. The normalized spacial score (nSPS) is 16.7. The number of amides is 1. The fraction of sp³-hybridized carbons (Fsp3) is 0.350. The second kappa shape index (κ2) is 8.37. The van der Waals surface area contributed by atoms with Crippen LogP contribution in [-0.2, 0) is 10.0 Å². The van der Waals surface area contributed by atoms with Crippen LogP contribution in [0.2, 0.25) is 0 Å². The number of aliphatic hydroxyl groups excluding tert-OH is 1. The number of hydrogen-bond acceptors (Lipinski definition) is 5. The maximum absolute atomic E-state index is 13.6. The lowest BCUT2D eigenvalue weighted by Gasteiger charge is -2.40. The third kappa shape index (κ3) is 4.29. The van der Waals surface area contributed by atoms with Crippen LogP contribution in [0.3, 0.4) is 0 Å². The van der Waals surface area contributed by atoms with Crippen LogP contribution >= 0.6 is 0 Å². The maximum atomic E-state index is 13.6. The SMILES string of the molecule is CC(C)(N(C(=O)O)c1ccc2c(c1)N(S(=O)(=O)c1ccc(F)cc1)[C@H](CO)CO2)C(F)(F)F. The van der Waals surface area contributed by atoms with Crippen molar-refractivity contribution in [2.24, 2.45) is 0 Å². The van der Waals surface area contributed by atoms with Crippen molar-refractivity contribution in [2.45, 2.75) is 36.5 Å². The number of benzene rings is 2. The molecule has 0 aliphatic carbocycles. The molecule has 0 saturated heterocycles. The second-order valence-electron chi connectivity index (χ2n) is 7.73. The van der Waals surface area contributed by atoms with Gasteiger partial charge < -0.3 is 14.9 Å². The smallest absolute Gasteiger partial charge is 0.412 e. The minimum atomic E-state index is -4.95. The highest BCUT2D eigenvalue weighted by Gasteiger charge is 2.54. The van der Waals surface area contributed by atoms with E-state index in [1.54, 1.807) is 0 Å². The van der Waals surface area contributed by atoms with Gasteiger partial charge in [-0.1, -0.05) is 0 Å². The van der Waals surface area contributed by atoms with E-state index in [-0.39, 0.29) is 27.8 Å². The minimum Gasteiger partial charge on any atom is -0.489 e. The lowest BCUT2D eigenvalue weighted by Crippen LogP contribution is -2.57. The van der Waals surface area contributed by atoms with E-state index in [0.717, 1.165) is 46.8 Å². The zero-order chi connectivity index (χ0) is 24.8. The van der Waals surface area contributed by atoms with E-state index in [1.807, 2.05) is 0 Å². The largest absolute Gasteiger partial charge is 0.489 e. The highest BCUT2D eigenvalue weighted by molar-refractivity contribution is 7.92. The molecular formula is C20H20F4N2O6S. The Kier molecular flexibility index (Phi) is 6.24. The zero-order valence-corrected chi connectivity index (χ0v) is 18.2. The molecule has 0 spiro atoms. The van der Waals surface area contributed by atoms with Crippen LogP contribution in [0.15, 0.2) is 47.4 Å². The molecule has 2 aromatic rings. The third-order valence-corrected chi connectivity index (χ3v) is 7.11. The van der Waals surface area contributed by atoms with Crippen LogP contribution in [0.4, 0.5) is 33.7 Å². The number of anilines is 2. The van der Waals surface area contributed by atoms with Crippen molar-refractivity contribution in [3.8, 4) is 5.75 Å². The van der Waals surface area contributed by atoms with Crippen molar-refractivity contribution >= 4 is 27.5 Å². The summed E-state index contributed by atoms with van der Waals surface area (Å²) in [4.78, 5) is 11.5. The quantitative estimate of drug-likeness (QED) is 0.618. The molecule has 1 aliphatic rings. The predicted octanol–water partition coefficient (Wildman–Crippen LogP) is 3.60. The Balaban J connectivity index is 2.20. The van der Waals surface area contributed by atoms with Crippen LogP contribution in [0.25, 0.3) is 0 Å². The van der Waals surface area contributed by atoms with E-state index in [2.05, 4.69) is 0 Å². The molecule has 0 aromatic heterocycles. The topological polar surface area (TPSA) is 107 Å². The summed E-state index contributed by atoms with van der Waals surface area (Å²) in [6.45, 7) is 0.349. The van der Waals surface area contributed by atoms with Crippen molar-refractivity contribution in [3.05, 3.63) is 48.3 Å². The molecule has 13 heteroatoms. The Bertz CT molecular complexity index is 1150. The molecule has 1 heterocycles. The molecule has 33 heavy (non-hydrogen) atoms. The molecule has 1 atom stereocenters. The first-order valence-electron chi connectivity index (χ1n) is 9.49. The standard InChI is InChI=1S/C20H20F4N2O6S/c1-19(2,20(22,23)24)25(18(28)29)13-5-8-17-16(9-13)26(14(10-27)11-32-17)33(30,31)15-6-3-12(21)4-7-15/h3-9,14,27H,10-11H2,1-2H3,(H,28,29)/t14-/m1/s1. The van der Waals surface area contributed by atoms with Gasteiger partial charge in [0.05, 0.1) is 22.9 Å². The van der Waals surface area contributed by atoms with Gasteiger partial charge in [-0.15, -0.1) is 0 Å². The zero-order valence-electron chi connectivity index (χ0n) is 17.4. The number of carboxylic acid groups (broad SMARTS) is 1. The molecule has 1 amide bonds. The molecule has 8 nitrogen and oxygen atoms in total. The first kappa shape index (κ1) is 24.6. The number of halogens is 4. The van der Waals surface area contributed by atoms with E-state index in [1.165, 1.54) is 0 Å². The van der Waals surface area contributed by atoms with Crippen LogP contribution in [0.5, 0.6) is 5.75 Å². The minimum absolute atomic E-state index is 0.0516. The van der Waals surface area contributed by atoms with E-state index < -0.39 is 52.0 Å². The summed E-state index contributed by atoms with van der Waals surface area (Å²) >= 11 is 0. The highest BCUT2D eigenvalue weighted by Crippen LogP contribution is 2.44. The summed E-state index contributed by atoms with van der Waals surface area (Å²) in [7, 11) is -4.44. The molecule has 180 valence electrons. The van der Waals surface area contributed by atoms with Crippen molar-refractivity contribution in [2.75, 3.05) is 22.4 Å². The van der Waals surface area contributed by atoms with Gasteiger partial charge in [-0.3, -0.25) is 9.21 Å². The molecule has 0 radical (unpaired) electrons. The number of nitrogens with zero attached hydrogens (tertiary/aromatic N) is 2. The Morgan fingerprint density at radius 2 is 1.79 bits per heavy atom. The van der Waals surface area contributed by atoms with Crippen LogP contribution in [-0.4, -0.2) is 55.7 Å². The molecule has 0 saturated carbocycles. The van der Waals surface area contributed by atoms with E-state index in [0.29, 0.717) is 13.8 Å². The second-order valence-corrected chi connectivity index (χ2v) is 9.54. The van der Waals surface area contributed by atoms with Crippen LogP contribution in [0, 0.1) is 5.82 Å². The van der Waals surface area contributed by atoms with Gasteiger partial charge in [-0.05, 0) is 56.3 Å². The molecule has 3 rings (SSSR count). The van der Waals surface area contributed by atoms with Crippen LogP contribution < -0.4 is 13.9 Å². The number of ether oxygens (including phenoxy) is 1. The van der Waals surface area contributed by atoms with Gasteiger partial charge in [0.1, 0.15) is 29.8 Å². The summed E-state index contributed by atoms with van der Waals surface area (Å²) < 4.78 is 87.0. The van der Waals surface area contributed by atoms with Gasteiger partial charge in [-0.2, -0.15) is 13.2 Å². The summed E-state index contributed by atoms with van der Waals surface area (Å²) in [5, 5.41) is 19.3. The van der Waals surface area contributed by atoms with Gasteiger partial charge in [0.2, 0.25) is 0 Å². The summed E-state index contributed by atoms with van der Waals surface area (Å²) in [5.74, 6) is -0.743. The number of hydrogen-bond donors (Lipinski definition) is 2. The third-order valence-electron chi connectivity index (χ3n) is 5.23. The Hall–Kier alpha value is -3.06.